The molecule has 7 heteroatoms. The van der Waals surface area contributed by atoms with Gasteiger partial charge in [-0.3, -0.25) is 9.59 Å². The second-order valence-electron chi connectivity index (χ2n) is 5.99. The van der Waals surface area contributed by atoms with Gasteiger partial charge in [-0.2, -0.15) is 0 Å². The Labute approximate surface area is 132 Å². The Kier molecular flexibility index (Phi) is 3.57. The van der Waals surface area contributed by atoms with Crippen molar-refractivity contribution in [1.82, 2.24) is 0 Å². The molecule has 2 aliphatic rings. The normalized spacial score (nSPS) is 29.9. The quantitative estimate of drug-likeness (QED) is 0.795. The zero-order valence-corrected chi connectivity index (χ0v) is 13.1. The number of carbonyl (C=O) groups excluding carboxylic acids is 2. The van der Waals surface area contributed by atoms with E-state index in [9.17, 15) is 19.8 Å². The molecule has 1 fully saturated rings. The molecule has 2 N–H and O–H groups in total. The van der Waals surface area contributed by atoms with Crippen LogP contribution >= 0.6 is 0 Å². The Balaban J connectivity index is 2.15. The van der Waals surface area contributed by atoms with Crippen LogP contribution in [0.5, 0.6) is 17.2 Å². The van der Waals surface area contributed by atoms with Crippen LogP contribution in [0, 0.1) is 11.8 Å². The van der Waals surface area contributed by atoms with Crippen LogP contribution in [0.15, 0.2) is 6.07 Å². The summed E-state index contributed by atoms with van der Waals surface area (Å²) in [4.78, 5) is 25.5. The van der Waals surface area contributed by atoms with Crippen LogP contribution in [0.1, 0.15) is 34.1 Å². The Hall–Kier alpha value is -2.12. The third-order valence-electron chi connectivity index (χ3n) is 4.71. The van der Waals surface area contributed by atoms with Crippen LogP contribution < -0.4 is 4.74 Å². The first-order valence-electron chi connectivity index (χ1n) is 7.23. The van der Waals surface area contributed by atoms with Gasteiger partial charge in [0.25, 0.3) is 0 Å². The van der Waals surface area contributed by atoms with Crippen LogP contribution in [-0.4, -0.2) is 48.4 Å². The topological polar surface area (TPSA) is 102 Å². The SMILES string of the molecule is COc1cc(O)c2c(c1O)C(=O)[C@@H]1C[C@](C)(OC)OC[C@H]1C2=O. The first-order chi connectivity index (χ1) is 10.8. The molecule has 124 valence electrons. The van der Waals surface area contributed by atoms with Crippen LogP contribution in [0.3, 0.4) is 0 Å². The lowest BCUT2D eigenvalue weighted by Crippen LogP contribution is -2.50. The molecule has 1 aliphatic carbocycles. The lowest BCUT2D eigenvalue weighted by Gasteiger charge is -2.42. The second-order valence-corrected chi connectivity index (χ2v) is 5.99. The van der Waals surface area contributed by atoms with Gasteiger partial charge in [-0.25, -0.2) is 0 Å². The lowest BCUT2D eigenvalue weighted by atomic mass is 9.70. The first-order valence-corrected chi connectivity index (χ1v) is 7.23. The van der Waals surface area contributed by atoms with E-state index in [1.54, 1.807) is 6.92 Å². The number of phenolic OH excluding ortho intramolecular Hbond substituents is 2. The summed E-state index contributed by atoms with van der Waals surface area (Å²) in [7, 11) is 2.77. The molecule has 1 saturated heterocycles. The molecule has 0 radical (unpaired) electrons. The van der Waals surface area contributed by atoms with Crippen LogP contribution in [0.4, 0.5) is 0 Å². The minimum absolute atomic E-state index is 0.0191. The predicted octanol–water partition coefficient (Wildman–Crippen LogP) is 1.50. The molecule has 3 atom stereocenters. The zero-order valence-electron chi connectivity index (χ0n) is 13.1. The van der Waals surface area contributed by atoms with Crippen molar-refractivity contribution in [1.29, 1.82) is 0 Å². The van der Waals surface area contributed by atoms with Crippen molar-refractivity contribution in [2.75, 3.05) is 20.8 Å². The van der Waals surface area contributed by atoms with E-state index in [4.69, 9.17) is 14.2 Å². The summed E-state index contributed by atoms with van der Waals surface area (Å²) in [6.07, 6.45) is 0.190. The van der Waals surface area contributed by atoms with E-state index in [0.717, 1.165) is 6.07 Å². The number of phenols is 2. The zero-order chi connectivity index (χ0) is 16.9. The van der Waals surface area contributed by atoms with E-state index in [2.05, 4.69) is 0 Å². The summed E-state index contributed by atoms with van der Waals surface area (Å²) in [5.74, 6) is -4.04. The predicted molar refractivity (Wildman–Crippen MR) is 77.9 cm³/mol. The summed E-state index contributed by atoms with van der Waals surface area (Å²) >= 11 is 0. The van der Waals surface area contributed by atoms with Crippen molar-refractivity contribution in [3.8, 4) is 17.2 Å². The molecule has 3 rings (SSSR count). The number of ketones is 2. The molecule has 1 aliphatic heterocycles. The summed E-state index contributed by atoms with van der Waals surface area (Å²) in [6.45, 7) is 1.71. The number of hydrogen-bond donors (Lipinski definition) is 2. The van der Waals surface area contributed by atoms with Gasteiger partial charge in [-0.05, 0) is 6.92 Å². The van der Waals surface area contributed by atoms with Gasteiger partial charge in [-0.1, -0.05) is 0 Å². The molecule has 0 amide bonds. The molecule has 0 saturated carbocycles. The summed E-state index contributed by atoms with van der Waals surface area (Å²) in [6, 6.07) is 1.13. The Morgan fingerprint density at radius 1 is 1.17 bits per heavy atom. The molecule has 23 heavy (non-hydrogen) atoms. The summed E-state index contributed by atoms with van der Waals surface area (Å²) in [5, 5.41) is 20.3. The van der Waals surface area contributed by atoms with Gasteiger partial charge in [-0.15, -0.1) is 0 Å². The maximum absolute atomic E-state index is 12.9. The van der Waals surface area contributed by atoms with Gasteiger partial charge < -0.3 is 24.4 Å². The van der Waals surface area contributed by atoms with E-state index in [1.807, 2.05) is 0 Å². The number of aromatic hydroxyl groups is 2. The Bertz CT molecular complexity index is 696. The van der Waals surface area contributed by atoms with Crippen LogP contribution in [0.25, 0.3) is 0 Å². The fourth-order valence-corrected chi connectivity index (χ4v) is 3.31. The van der Waals surface area contributed by atoms with Gasteiger partial charge in [0.05, 0.1) is 30.8 Å². The van der Waals surface area contributed by atoms with Crippen LogP contribution in [-0.2, 0) is 9.47 Å². The molecule has 0 unspecified atom stereocenters. The highest BCUT2D eigenvalue weighted by Crippen LogP contribution is 2.48. The van der Waals surface area contributed by atoms with Crippen molar-refractivity contribution in [3.05, 3.63) is 17.2 Å². The highest BCUT2D eigenvalue weighted by molar-refractivity contribution is 6.19. The highest BCUT2D eigenvalue weighted by atomic mass is 16.7. The molecule has 1 aromatic carbocycles. The molecule has 0 spiro atoms. The highest BCUT2D eigenvalue weighted by Gasteiger charge is 2.51. The first kappa shape index (κ1) is 15.8. The molecule has 1 heterocycles. The monoisotopic (exact) mass is 322 g/mol. The number of carbonyl (C=O) groups is 2. The number of rotatable bonds is 2. The average Bonchev–Trinajstić information content (AvgIpc) is 2.54. The van der Waals surface area contributed by atoms with Crippen molar-refractivity contribution in [3.63, 3.8) is 0 Å². The van der Waals surface area contributed by atoms with Crippen molar-refractivity contribution < 1.29 is 34.0 Å². The van der Waals surface area contributed by atoms with E-state index < -0.39 is 34.9 Å². The smallest absolute Gasteiger partial charge is 0.173 e. The third kappa shape index (κ3) is 2.19. The lowest BCUT2D eigenvalue weighted by molar-refractivity contribution is -0.244. The molecular weight excluding hydrogens is 304 g/mol. The van der Waals surface area contributed by atoms with Gasteiger partial charge in [0, 0.05) is 25.5 Å². The second kappa shape index (κ2) is 5.21. The van der Waals surface area contributed by atoms with Gasteiger partial charge >= 0.3 is 0 Å². The Morgan fingerprint density at radius 2 is 1.83 bits per heavy atom. The van der Waals surface area contributed by atoms with Crippen molar-refractivity contribution in [2.24, 2.45) is 11.8 Å². The van der Waals surface area contributed by atoms with Crippen LogP contribution in [0.2, 0.25) is 0 Å². The van der Waals surface area contributed by atoms with Crippen molar-refractivity contribution in [2.45, 2.75) is 19.1 Å². The molecular formula is C16H18O7. The fourth-order valence-electron chi connectivity index (χ4n) is 3.31. The largest absolute Gasteiger partial charge is 0.507 e. The summed E-state index contributed by atoms with van der Waals surface area (Å²) < 4.78 is 15.8. The standard InChI is InChI=1S/C16H18O7/c1-16(22-3)5-7-8(6-23-16)14(19)11-9(17)4-10(21-2)15(20)12(11)13(7)18/h4,7-8,17,20H,5-6H2,1-3H3/t7-,8-,16-/m1/s1. The van der Waals surface area contributed by atoms with E-state index in [-0.39, 0.29) is 35.7 Å². The number of benzene rings is 1. The fraction of sp³-hybridized carbons (Fsp3) is 0.500. The van der Waals surface area contributed by atoms with E-state index in [1.165, 1.54) is 14.2 Å². The number of ether oxygens (including phenoxy) is 3. The average molecular weight is 322 g/mol. The van der Waals surface area contributed by atoms with Crippen molar-refractivity contribution >= 4 is 11.6 Å². The molecule has 7 nitrogen and oxygen atoms in total. The van der Waals surface area contributed by atoms with Gasteiger partial charge in [0.2, 0.25) is 0 Å². The number of Topliss-reactive ketones (excluding diaryl/α,β-unsaturated/α-hetero) is 2. The summed E-state index contributed by atoms with van der Waals surface area (Å²) in [5.41, 5.74) is -0.354. The Morgan fingerprint density at radius 3 is 2.43 bits per heavy atom. The number of methoxy groups -OCH3 is 2. The molecule has 1 aromatic rings. The van der Waals surface area contributed by atoms with Gasteiger partial charge in [0.15, 0.2) is 28.9 Å². The van der Waals surface area contributed by atoms with Gasteiger partial charge in [0.1, 0.15) is 5.75 Å². The number of fused-ring (bicyclic) bond motifs is 2. The van der Waals surface area contributed by atoms with E-state index >= 15 is 0 Å². The molecule has 0 aromatic heterocycles. The minimum atomic E-state index is -0.967. The van der Waals surface area contributed by atoms with E-state index in [0.29, 0.717) is 0 Å². The maximum atomic E-state index is 12.9. The maximum Gasteiger partial charge on any atom is 0.173 e. The number of hydrogen-bond acceptors (Lipinski definition) is 7. The molecule has 0 bridgehead atoms. The third-order valence-corrected chi connectivity index (χ3v) is 4.71. The minimum Gasteiger partial charge on any atom is -0.507 e.